The van der Waals surface area contributed by atoms with E-state index in [2.05, 4.69) is 205 Å². The molecule has 2 heterocycles. The number of ether oxygens (including phenoxy) is 1. The van der Waals surface area contributed by atoms with E-state index in [-0.39, 0.29) is 0 Å². The van der Waals surface area contributed by atoms with Gasteiger partial charge in [0.05, 0.1) is 0 Å². The van der Waals surface area contributed by atoms with Gasteiger partial charge in [0.1, 0.15) is 11.5 Å². The molecule has 0 aromatic heterocycles. The predicted octanol–water partition coefficient (Wildman–Crippen LogP) is 10.4. The second-order valence-corrected chi connectivity index (χ2v) is 18.0. The Labute approximate surface area is 309 Å². The summed E-state index contributed by atoms with van der Waals surface area (Å²) in [6.45, 7) is 0. The van der Waals surface area contributed by atoms with E-state index >= 15 is 0 Å². The van der Waals surface area contributed by atoms with E-state index in [0.29, 0.717) is 0 Å². The van der Waals surface area contributed by atoms with Gasteiger partial charge in [-0.2, -0.15) is 0 Å². The summed E-state index contributed by atoms with van der Waals surface area (Å²) in [5.74, 6) is 1.89. The topological polar surface area (TPSA) is 12.5 Å². The van der Waals surface area contributed by atoms with Crippen molar-refractivity contribution in [1.82, 2.24) is 0 Å². The van der Waals surface area contributed by atoms with Gasteiger partial charge in [-0.05, 0) is 104 Å². The second-order valence-electron chi connectivity index (χ2n) is 13.3. The van der Waals surface area contributed by atoms with Crippen LogP contribution in [0.1, 0.15) is 0 Å². The van der Waals surface area contributed by atoms with Crippen LogP contribution in [0, 0.1) is 0 Å². The molecule has 8 aromatic rings. The Balaban J connectivity index is 1.20. The Morgan fingerprint density at radius 3 is 1.33 bits per heavy atom. The lowest BCUT2D eigenvalue weighted by atomic mass is 10.0. The van der Waals surface area contributed by atoms with Crippen LogP contribution < -0.4 is 30.4 Å². The summed E-state index contributed by atoms with van der Waals surface area (Å²) in [6, 6.07) is 72.7. The number of hydrogen-bond acceptors (Lipinski definition) is 3. The molecule has 0 N–H and O–H groups in total. The highest BCUT2D eigenvalue weighted by atomic mass is 32.2. The normalized spacial score (nSPS) is 13.2. The van der Waals surface area contributed by atoms with Crippen LogP contribution in [-0.2, 0) is 0 Å². The van der Waals surface area contributed by atoms with Crippen LogP contribution in [-0.4, -0.2) is 8.07 Å². The van der Waals surface area contributed by atoms with Gasteiger partial charge in [0.25, 0.3) is 0 Å². The highest BCUT2D eigenvalue weighted by molar-refractivity contribution is 8.00. The Morgan fingerprint density at radius 1 is 0.346 bits per heavy atom. The Bertz CT molecular complexity index is 2380. The molecular weight excluding hydrogens is 667 g/mol. The van der Waals surface area contributed by atoms with Crippen LogP contribution in [0.3, 0.4) is 0 Å². The summed E-state index contributed by atoms with van der Waals surface area (Å²) < 4.78 is 6.82. The Kier molecular flexibility index (Phi) is 7.45. The van der Waals surface area contributed by atoms with Gasteiger partial charge in [-0.15, -0.1) is 0 Å². The van der Waals surface area contributed by atoms with Crippen molar-refractivity contribution in [3.05, 3.63) is 200 Å². The van der Waals surface area contributed by atoms with Crippen molar-refractivity contribution in [3.63, 3.8) is 0 Å². The van der Waals surface area contributed by atoms with Gasteiger partial charge in [-0.3, -0.25) is 0 Å². The molecular formula is C48H33NOSSi. The second kappa shape index (κ2) is 12.6. The zero-order valence-corrected chi connectivity index (χ0v) is 30.1. The third kappa shape index (κ3) is 4.95. The van der Waals surface area contributed by atoms with E-state index < -0.39 is 8.07 Å². The summed E-state index contributed by atoms with van der Waals surface area (Å²) in [7, 11) is -2.81. The lowest BCUT2D eigenvalue weighted by molar-refractivity contribution is 0.487. The lowest BCUT2D eigenvalue weighted by Gasteiger charge is -2.43. The van der Waals surface area contributed by atoms with Gasteiger partial charge >= 0.3 is 0 Å². The van der Waals surface area contributed by atoms with E-state index in [0.717, 1.165) is 28.6 Å². The number of nitrogens with zero attached hydrogens (tertiary/aromatic N) is 1. The average Bonchev–Trinajstić information content (AvgIpc) is 3.22. The largest absolute Gasteiger partial charge is 0.458 e. The van der Waals surface area contributed by atoms with Gasteiger partial charge < -0.3 is 9.64 Å². The number of fused-ring (bicyclic) bond motifs is 8. The van der Waals surface area contributed by atoms with Crippen LogP contribution in [0.25, 0.3) is 22.3 Å². The lowest BCUT2D eigenvalue weighted by Crippen LogP contribution is -2.77. The molecule has 10 rings (SSSR count). The monoisotopic (exact) mass is 699 g/mol. The van der Waals surface area contributed by atoms with Crippen molar-refractivity contribution < 1.29 is 4.74 Å². The van der Waals surface area contributed by atoms with Crippen LogP contribution in [0.2, 0.25) is 0 Å². The molecule has 0 saturated carbocycles. The van der Waals surface area contributed by atoms with Crippen molar-refractivity contribution in [2.24, 2.45) is 0 Å². The summed E-state index contributed by atoms with van der Waals surface area (Å²) >= 11 is 1.89. The molecule has 246 valence electrons. The molecule has 0 amide bonds. The molecule has 2 aliphatic rings. The summed E-state index contributed by atoms with van der Waals surface area (Å²) in [5.41, 5.74) is 8.09. The predicted molar refractivity (Wildman–Crippen MR) is 220 cm³/mol. The summed E-state index contributed by atoms with van der Waals surface area (Å²) in [4.78, 5) is 5.04. The highest BCUT2D eigenvalue weighted by Crippen LogP contribution is 2.41. The smallest absolute Gasteiger partial charge is 0.190 e. The number of rotatable bonds is 5. The number of anilines is 3. The third-order valence-electron chi connectivity index (χ3n) is 10.4. The molecule has 4 heteroatoms. The molecule has 0 aliphatic carbocycles. The molecule has 0 saturated heterocycles. The molecule has 2 nitrogen and oxygen atoms in total. The summed E-state index contributed by atoms with van der Waals surface area (Å²) in [6.07, 6.45) is 0. The maximum atomic E-state index is 6.82. The van der Waals surface area contributed by atoms with Crippen LogP contribution in [0.15, 0.2) is 210 Å². The standard InChI is InChI=1S/C48H33NOSSi/c1-3-13-34(14-4-1)36-23-27-38(28-24-36)49(39-29-25-37(26-30-39)35-15-5-2-6-16-35)40-31-32-42-48(33-40)52(45-20-10-7-17-41(45)50-42)46-21-11-8-18-43(46)51-44-19-9-12-22-47(44)52/h1-33H. The quantitative estimate of drug-likeness (QED) is 0.166. The van der Waals surface area contributed by atoms with E-state index in [9.17, 15) is 0 Å². The molecule has 1 spiro atoms. The van der Waals surface area contributed by atoms with Crippen molar-refractivity contribution in [1.29, 1.82) is 0 Å². The molecule has 0 radical (unpaired) electrons. The van der Waals surface area contributed by atoms with Crippen LogP contribution >= 0.6 is 11.8 Å². The fourth-order valence-electron chi connectivity index (χ4n) is 8.06. The zero-order valence-electron chi connectivity index (χ0n) is 28.3. The van der Waals surface area contributed by atoms with Gasteiger partial charge in [0, 0.05) is 26.9 Å². The first kappa shape index (κ1) is 30.7. The van der Waals surface area contributed by atoms with Gasteiger partial charge in [0.15, 0.2) is 8.07 Å². The molecule has 0 bridgehead atoms. The Morgan fingerprint density at radius 2 is 0.769 bits per heavy atom. The fourth-order valence-corrected chi connectivity index (χ4v) is 15.2. The van der Waals surface area contributed by atoms with Gasteiger partial charge in [0.2, 0.25) is 0 Å². The SMILES string of the molecule is c1ccc(-c2ccc(N(c3ccc(-c4ccccc4)cc3)c3ccc4c(c3)[Si]3(c5ccccc5O4)c4ccccc4Sc4ccccc43)cc2)cc1. The first-order valence-electron chi connectivity index (χ1n) is 17.7. The molecule has 0 fully saturated rings. The van der Waals surface area contributed by atoms with E-state index in [1.54, 1.807) is 0 Å². The summed E-state index contributed by atoms with van der Waals surface area (Å²) in [5, 5.41) is 5.40. The Hall–Kier alpha value is -6.07. The highest BCUT2D eigenvalue weighted by Gasteiger charge is 2.52. The maximum absolute atomic E-state index is 6.82. The van der Waals surface area contributed by atoms with E-state index in [1.807, 2.05) is 11.8 Å². The van der Waals surface area contributed by atoms with Gasteiger partial charge in [-0.1, -0.05) is 151 Å². The van der Waals surface area contributed by atoms with E-state index in [4.69, 9.17) is 4.74 Å². The minimum absolute atomic E-state index is 0.935. The minimum Gasteiger partial charge on any atom is -0.458 e. The van der Waals surface area contributed by atoms with Crippen molar-refractivity contribution in [2.45, 2.75) is 9.79 Å². The molecule has 52 heavy (non-hydrogen) atoms. The average molecular weight is 700 g/mol. The first-order valence-corrected chi connectivity index (χ1v) is 20.5. The first-order chi connectivity index (χ1) is 25.8. The van der Waals surface area contributed by atoms with Crippen LogP contribution in [0.5, 0.6) is 11.5 Å². The fraction of sp³-hybridized carbons (Fsp3) is 0. The minimum atomic E-state index is -2.81. The van der Waals surface area contributed by atoms with Gasteiger partial charge in [-0.25, -0.2) is 0 Å². The maximum Gasteiger partial charge on any atom is 0.190 e. The number of para-hydroxylation sites is 1. The third-order valence-corrected chi connectivity index (χ3v) is 16.8. The van der Waals surface area contributed by atoms with Crippen molar-refractivity contribution in [3.8, 4) is 33.8 Å². The van der Waals surface area contributed by atoms with Crippen molar-refractivity contribution >= 4 is 57.6 Å². The molecule has 2 aliphatic heterocycles. The zero-order chi connectivity index (χ0) is 34.5. The van der Waals surface area contributed by atoms with E-state index in [1.165, 1.54) is 52.8 Å². The number of benzene rings is 8. The molecule has 8 aromatic carbocycles. The molecule has 0 unspecified atom stereocenters. The van der Waals surface area contributed by atoms with Crippen LogP contribution in [0.4, 0.5) is 17.1 Å². The molecule has 0 atom stereocenters. The van der Waals surface area contributed by atoms with Crippen molar-refractivity contribution in [2.75, 3.05) is 4.90 Å². The number of hydrogen-bond donors (Lipinski definition) is 0.